The van der Waals surface area contributed by atoms with Gasteiger partial charge in [0, 0.05) is 0 Å². The van der Waals surface area contributed by atoms with Crippen LogP contribution in [-0.2, 0) is 6.42 Å². The van der Waals surface area contributed by atoms with Crippen molar-refractivity contribution in [2.45, 2.75) is 13.3 Å². The van der Waals surface area contributed by atoms with Crippen molar-refractivity contribution in [1.29, 1.82) is 0 Å². The molecule has 0 radical (unpaired) electrons. The number of thiol groups is 1. The molecule has 0 spiro atoms. The summed E-state index contributed by atoms with van der Waals surface area (Å²) in [6, 6.07) is 8.11. The van der Waals surface area contributed by atoms with E-state index in [1.54, 1.807) is 0 Å². The maximum Gasteiger partial charge on any atom is 0.122 e. The molecular formula is C10H14OS. The van der Waals surface area contributed by atoms with Gasteiger partial charge in [0.1, 0.15) is 5.75 Å². The second-order valence-electron chi connectivity index (χ2n) is 2.51. The highest BCUT2D eigenvalue weighted by molar-refractivity contribution is 7.80. The minimum atomic E-state index is 0.726. The van der Waals surface area contributed by atoms with Gasteiger partial charge in [0.15, 0.2) is 0 Å². The molecule has 0 aliphatic heterocycles. The summed E-state index contributed by atoms with van der Waals surface area (Å²) in [6.45, 7) is 2.72. The number of hydrogen-bond donors (Lipinski definition) is 1. The van der Waals surface area contributed by atoms with Gasteiger partial charge in [-0.05, 0) is 30.7 Å². The lowest BCUT2D eigenvalue weighted by atomic mass is 10.1. The number of hydrogen-bond acceptors (Lipinski definition) is 2. The Morgan fingerprint density at radius 1 is 1.33 bits per heavy atom. The largest absolute Gasteiger partial charge is 0.494 e. The third-order valence-electron chi connectivity index (χ3n) is 1.65. The SMILES string of the molecule is CCOc1ccccc1CCS. The summed E-state index contributed by atoms with van der Waals surface area (Å²) < 4.78 is 5.46. The topological polar surface area (TPSA) is 9.23 Å². The van der Waals surface area contributed by atoms with Crippen molar-refractivity contribution in [2.24, 2.45) is 0 Å². The highest BCUT2D eigenvalue weighted by Crippen LogP contribution is 2.18. The van der Waals surface area contributed by atoms with E-state index in [1.807, 2.05) is 25.1 Å². The van der Waals surface area contributed by atoms with Crippen LogP contribution in [0, 0.1) is 0 Å². The van der Waals surface area contributed by atoms with Crippen molar-refractivity contribution in [2.75, 3.05) is 12.4 Å². The van der Waals surface area contributed by atoms with Crippen molar-refractivity contribution in [3.63, 3.8) is 0 Å². The number of ether oxygens (including phenoxy) is 1. The van der Waals surface area contributed by atoms with Gasteiger partial charge in [-0.2, -0.15) is 12.6 Å². The average Bonchev–Trinajstić information content (AvgIpc) is 2.09. The third-order valence-corrected chi connectivity index (χ3v) is 1.88. The van der Waals surface area contributed by atoms with Gasteiger partial charge in [0.2, 0.25) is 0 Å². The van der Waals surface area contributed by atoms with Crippen molar-refractivity contribution in [3.05, 3.63) is 29.8 Å². The molecule has 0 saturated heterocycles. The van der Waals surface area contributed by atoms with Crippen molar-refractivity contribution < 1.29 is 4.74 Å². The van der Waals surface area contributed by atoms with E-state index in [1.165, 1.54) is 5.56 Å². The molecule has 0 atom stereocenters. The smallest absolute Gasteiger partial charge is 0.122 e. The Labute approximate surface area is 79.2 Å². The van der Waals surface area contributed by atoms with Crippen LogP contribution in [0.25, 0.3) is 0 Å². The molecule has 0 saturated carbocycles. The zero-order chi connectivity index (χ0) is 8.81. The van der Waals surface area contributed by atoms with Gasteiger partial charge in [0.25, 0.3) is 0 Å². The zero-order valence-corrected chi connectivity index (χ0v) is 8.18. The summed E-state index contributed by atoms with van der Waals surface area (Å²) in [4.78, 5) is 0. The molecule has 0 fully saturated rings. The van der Waals surface area contributed by atoms with E-state index < -0.39 is 0 Å². The molecule has 1 aromatic rings. The zero-order valence-electron chi connectivity index (χ0n) is 7.29. The molecule has 0 heterocycles. The van der Waals surface area contributed by atoms with Crippen LogP contribution in [0.1, 0.15) is 12.5 Å². The predicted octanol–water partition coefficient (Wildman–Crippen LogP) is 2.56. The van der Waals surface area contributed by atoms with E-state index in [9.17, 15) is 0 Å². The van der Waals surface area contributed by atoms with Crippen molar-refractivity contribution >= 4 is 12.6 Å². The fourth-order valence-electron chi connectivity index (χ4n) is 1.13. The summed E-state index contributed by atoms with van der Waals surface area (Å²) in [5, 5.41) is 0. The molecule has 0 unspecified atom stereocenters. The average molecular weight is 182 g/mol. The lowest BCUT2D eigenvalue weighted by Crippen LogP contribution is -1.96. The molecule has 0 bridgehead atoms. The summed E-state index contributed by atoms with van der Waals surface area (Å²) in [7, 11) is 0. The van der Waals surface area contributed by atoms with Crippen LogP contribution in [0.5, 0.6) is 5.75 Å². The molecule has 66 valence electrons. The molecule has 0 aliphatic carbocycles. The summed E-state index contributed by atoms with van der Waals surface area (Å²) in [5.74, 6) is 1.86. The minimum Gasteiger partial charge on any atom is -0.494 e. The first kappa shape index (κ1) is 9.46. The Morgan fingerprint density at radius 2 is 2.08 bits per heavy atom. The number of para-hydroxylation sites is 1. The van der Waals surface area contributed by atoms with Crippen LogP contribution in [0.4, 0.5) is 0 Å². The Hall–Kier alpha value is -0.630. The molecule has 1 aromatic carbocycles. The second-order valence-corrected chi connectivity index (χ2v) is 2.96. The highest BCUT2D eigenvalue weighted by atomic mass is 32.1. The number of rotatable bonds is 4. The van der Waals surface area contributed by atoms with Crippen molar-refractivity contribution in [3.8, 4) is 5.75 Å². The molecule has 1 nitrogen and oxygen atoms in total. The lowest BCUT2D eigenvalue weighted by molar-refractivity contribution is 0.337. The number of aryl methyl sites for hydroxylation is 1. The van der Waals surface area contributed by atoms with E-state index in [0.717, 1.165) is 24.5 Å². The van der Waals surface area contributed by atoms with E-state index >= 15 is 0 Å². The van der Waals surface area contributed by atoms with Crippen LogP contribution >= 0.6 is 12.6 Å². The molecule has 0 aliphatic rings. The van der Waals surface area contributed by atoms with E-state index in [2.05, 4.69) is 18.7 Å². The van der Waals surface area contributed by atoms with Crippen LogP contribution < -0.4 is 4.74 Å². The van der Waals surface area contributed by atoms with Gasteiger partial charge >= 0.3 is 0 Å². The van der Waals surface area contributed by atoms with E-state index in [-0.39, 0.29) is 0 Å². The molecule has 0 N–H and O–H groups in total. The second kappa shape index (κ2) is 5.09. The molecule has 12 heavy (non-hydrogen) atoms. The van der Waals surface area contributed by atoms with Gasteiger partial charge < -0.3 is 4.74 Å². The standard InChI is InChI=1S/C10H14OS/c1-2-11-10-6-4-3-5-9(10)7-8-12/h3-6,12H,2,7-8H2,1H3. The Morgan fingerprint density at radius 3 is 2.75 bits per heavy atom. The minimum absolute atomic E-state index is 0.726. The first-order valence-electron chi connectivity index (χ1n) is 4.20. The van der Waals surface area contributed by atoms with E-state index in [4.69, 9.17) is 4.74 Å². The van der Waals surface area contributed by atoms with Gasteiger partial charge in [0.05, 0.1) is 6.61 Å². The molecule has 1 rings (SSSR count). The summed E-state index contributed by atoms with van der Waals surface area (Å²) >= 11 is 4.19. The summed E-state index contributed by atoms with van der Waals surface area (Å²) in [5.41, 5.74) is 1.24. The first-order chi connectivity index (χ1) is 5.88. The fourth-order valence-corrected chi connectivity index (χ4v) is 1.37. The summed E-state index contributed by atoms with van der Waals surface area (Å²) in [6.07, 6.45) is 0.972. The van der Waals surface area contributed by atoms with Gasteiger partial charge in [-0.1, -0.05) is 18.2 Å². The molecular weight excluding hydrogens is 168 g/mol. The van der Waals surface area contributed by atoms with Gasteiger partial charge in [-0.25, -0.2) is 0 Å². The normalized spacial score (nSPS) is 9.83. The van der Waals surface area contributed by atoms with Crippen molar-refractivity contribution in [1.82, 2.24) is 0 Å². The molecule has 0 aromatic heterocycles. The Kier molecular flexibility index (Phi) is 4.01. The van der Waals surface area contributed by atoms with Gasteiger partial charge in [-0.3, -0.25) is 0 Å². The Bertz CT molecular complexity index is 210. The highest BCUT2D eigenvalue weighted by Gasteiger charge is 1.99. The molecule has 0 amide bonds. The molecule has 2 heteroatoms. The lowest BCUT2D eigenvalue weighted by Gasteiger charge is -2.07. The van der Waals surface area contributed by atoms with E-state index in [0.29, 0.717) is 0 Å². The maximum atomic E-state index is 5.46. The van der Waals surface area contributed by atoms with Crippen LogP contribution in [0.15, 0.2) is 24.3 Å². The quantitative estimate of drug-likeness (QED) is 0.704. The van der Waals surface area contributed by atoms with Crippen LogP contribution in [-0.4, -0.2) is 12.4 Å². The first-order valence-corrected chi connectivity index (χ1v) is 4.83. The predicted molar refractivity (Wildman–Crippen MR) is 55.2 cm³/mol. The maximum absolute atomic E-state index is 5.46. The van der Waals surface area contributed by atoms with Crippen LogP contribution in [0.3, 0.4) is 0 Å². The monoisotopic (exact) mass is 182 g/mol. The fraction of sp³-hybridized carbons (Fsp3) is 0.400. The third kappa shape index (κ3) is 2.45. The van der Waals surface area contributed by atoms with Crippen LogP contribution in [0.2, 0.25) is 0 Å². The Balaban J connectivity index is 2.77. The van der Waals surface area contributed by atoms with Gasteiger partial charge in [-0.15, -0.1) is 0 Å². The number of benzene rings is 1.